The molecule has 1 aliphatic carbocycles. The molecule has 1 unspecified atom stereocenters. The van der Waals surface area contributed by atoms with Gasteiger partial charge in [0.15, 0.2) is 0 Å². The molecule has 0 saturated heterocycles. The summed E-state index contributed by atoms with van der Waals surface area (Å²) in [7, 11) is 15.0. The van der Waals surface area contributed by atoms with Crippen molar-refractivity contribution < 1.29 is 18.2 Å². The summed E-state index contributed by atoms with van der Waals surface area (Å²) < 4.78 is 0. The van der Waals surface area contributed by atoms with Crippen molar-refractivity contribution in [2.24, 2.45) is 5.92 Å². The summed E-state index contributed by atoms with van der Waals surface area (Å²) >= 11 is -2.13. The van der Waals surface area contributed by atoms with Gasteiger partial charge in [0.2, 0.25) is 0 Å². The van der Waals surface area contributed by atoms with Crippen molar-refractivity contribution in [2.45, 2.75) is 47.5 Å². The Balaban J connectivity index is 0.000000487. The Hall–Kier alpha value is 1.23. The zero-order valence-electron chi connectivity index (χ0n) is 10.6. The fourth-order valence-corrected chi connectivity index (χ4v) is 2.12. The van der Waals surface area contributed by atoms with Crippen LogP contribution >= 0.6 is 25.5 Å². The summed E-state index contributed by atoms with van der Waals surface area (Å²) in [5.74, 6) is 0.713. The van der Waals surface area contributed by atoms with Crippen LogP contribution in [0, 0.1) is 5.92 Å². The first-order valence-corrected chi connectivity index (χ1v) is 15.0. The van der Waals surface area contributed by atoms with Crippen LogP contribution in [0.5, 0.6) is 0 Å². The third-order valence-corrected chi connectivity index (χ3v) is 3.33. The Bertz CT molecular complexity index is 290. The molecule has 0 saturated carbocycles. The van der Waals surface area contributed by atoms with Crippen molar-refractivity contribution in [1.29, 1.82) is 0 Å². The molecule has 0 spiro atoms. The van der Waals surface area contributed by atoms with E-state index in [0.29, 0.717) is 5.92 Å². The average molecular weight is 362 g/mol. The molecule has 0 amide bonds. The molecular weight excluding hydrogens is 342 g/mol. The summed E-state index contributed by atoms with van der Waals surface area (Å²) in [4.78, 5) is 0. The van der Waals surface area contributed by atoms with E-state index in [1.54, 1.807) is 16.7 Å². The van der Waals surface area contributed by atoms with Gasteiger partial charge in [-0.1, -0.05) is 31.4 Å². The molecule has 0 aliphatic heterocycles. The molecule has 4 heteroatoms. The first kappa shape index (κ1) is 17.2. The fourth-order valence-electron chi connectivity index (χ4n) is 2.12. The average Bonchev–Trinajstić information content (AvgIpc) is 2.35. The second-order valence-electron chi connectivity index (χ2n) is 4.14. The van der Waals surface area contributed by atoms with E-state index in [0.717, 1.165) is 0 Å². The summed E-state index contributed by atoms with van der Waals surface area (Å²) in [6.45, 7) is 11.4. The molecule has 0 heterocycles. The zero-order chi connectivity index (χ0) is 12.9. The van der Waals surface area contributed by atoms with E-state index in [1.807, 2.05) is 0 Å². The molecule has 0 aromatic heterocycles. The van der Waals surface area contributed by atoms with Gasteiger partial charge in [0.25, 0.3) is 0 Å². The normalized spacial score (nSPS) is 19.9. The number of halogens is 3. The van der Waals surface area contributed by atoms with Crippen LogP contribution in [-0.2, 0) is 18.2 Å². The molecule has 1 aliphatic rings. The Morgan fingerprint density at radius 3 is 1.75 bits per heavy atom. The summed E-state index contributed by atoms with van der Waals surface area (Å²) in [6.07, 6.45) is 2.55. The number of rotatable bonds is 2. The van der Waals surface area contributed by atoms with Crippen LogP contribution in [0.15, 0.2) is 22.3 Å². The monoisotopic (exact) mass is 359 g/mol. The Morgan fingerprint density at radius 2 is 1.50 bits per heavy atom. The molecule has 0 N–H and O–H groups in total. The van der Waals surface area contributed by atoms with Crippen LogP contribution in [-0.4, -0.2) is 0 Å². The van der Waals surface area contributed by atoms with E-state index >= 15 is 0 Å². The van der Waals surface area contributed by atoms with Gasteiger partial charge in [-0.25, -0.2) is 0 Å². The minimum atomic E-state index is -2.13. The molecule has 0 aromatic rings. The first-order valence-electron chi connectivity index (χ1n) is 5.53. The molecule has 1 rings (SSSR count). The summed E-state index contributed by atoms with van der Waals surface area (Å²) in [6, 6.07) is 0. The molecule has 0 bridgehead atoms. The predicted molar refractivity (Wildman–Crippen MR) is 72.7 cm³/mol. The van der Waals surface area contributed by atoms with Crippen LogP contribution in [0.1, 0.15) is 47.5 Å². The van der Waals surface area contributed by atoms with E-state index in [4.69, 9.17) is 25.5 Å². The van der Waals surface area contributed by atoms with Crippen LogP contribution in [0.4, 0.5) is 0 Å². The van der Waals surface area contributed by atoms with Crippen molar-refractivity contribution in [1.82, 2.24) is 0 Å². The quantitative estimate of drug-likeness (QED) is 0.553. The van der Waals surface area contributed by atoms with Crippen molar-refractivity contribution in [3.63, 3.8) is 0 Å². The van der Waals surface area contributed by atoms with Crippen LogP contribution in [0.25, 0.3) is 0 Å². The van der Waals surface area contributed by atoms with E-state index < -0.39 is 18.2 Å². The minimum absolute atomic E-state index is 0.713. The fraction of sp³-hybridized carbons (Fsp3) is 0.667. The van der Waals surface area contributed by atoms with Gasteiger partial charge in [-0.15, -0.1) is 0 Å². The summed E-state index contributed by atoms with van der Waals surface area (Å²) in [5.41, 5.74) is 6.34. The van der Waals surface area contributed by atoms with Crippen molar-refractivity contribution in [2.75, 3.05) is 0 Å². The van der Waals surface area contributed by atoms with Gasteiger partial charge in [0.1, 0.15) is 0 Å². The van der Waals surface area contributed by atoms with E-state index in [9.17, 15) is 0 Å². The molecular formula is C12H20Cl3Zr. The van der Waals surface area contributed by atoms with E-state index in [1.165, 1.54) is 18.4 Å². The third kappa shape index (κ3) is 5.25. The second-order valence-corrected chi connectivity index (χ2v) is 15.3. The molecule has 16 heavy (non-hydrogen) atoms. The van der Waals surface area contributed by atoms with Crippen molar-refractivity contribution >= 4 is 25.5 Å². The van der Waals surface area contributed by atoms with Gasteiger partial charge in [0, 0.05) is 0 Å². The van der Waals surface area contributed by atoms with E-state index in [-0.39, 0.29) is 0 Å². The zero-order valence-corrected chi connectivity index (χ0v) is 15.4. The number of hydrogen-bond donors (Lipinski definition) is 0. The molecule has 0 aromatic carbocycles. The molecule has 1 atom stereocenters. The Morgan fingerprint density at radius 1 is 1.06 bits per heavy atom. The van der Waals surface area contributed by atoms with Gasteiger partial charge in [-0.2, -0.15) is 0 Å². The second kappa shape index (κ2) is 8.36. The van der Waals surface area contributed by atoms with Gasteiger partial charge in [-0.05, 0) is 44.3 Å². The topological polar surface area (TPSA) is 0 Å². The standard InChI is InChI=1S/C12H20.3ClH.Zr/c1-6-7-12-10(4)8(2)9(3)11(12)5;;;;/h10H,6-7H2,1-5H3;3*1H;/q;;;;+3/p-3. The van der Waals surface area contributed by atoms with Gasteiger partial charge >= 0.3 is 43.7 Å². The van der Waals surface area contributed by atoms with Crippen molar-refractivity contribution in [3.8, 4) is 0 Å². The van der Waals surface area contributed by atoms with E-state index in [2.05, 4.69) is 34.6 Å². The maximum atomic E-state index is 5.00. The SMILES string of the molecule is CCCC1=C(C)C(C)=C(C)C1C.[Cl][Zr]([Cl])[Cl]. The number of allylic oxidation sites excluding steroid dienone is 4. The molecule has 93 valence electrons. The predicted octanol–water partition coefficient (Wildman–Crippen LogP) is 6.16. The first-order chi connectivity index (χ1) is 7.32. The van der Waals surface area contributed by atoms with Gasteiger partial charge in [0.05, 0.1) is 0 Å². The Labute approximate surface area is 118 Å². The molecule has 0 nitrogen and oxygen atoms in total. The van der Waals surface area contributed by atoms with Gasteiger partial charge < -0.3 is 0 Å². The molecule has 0 radical (unpaired) electrons. The molecule has 0 fully saturated rings. The van der Waals surface area contributed by atoms with Crippen molar-refractivity contribution in [3.05, 3.63) is 22.3 Å². The maximum absolute atomic E-state index is 5.00. The summed E-state index contributed by atoms with van der Waals surface area (Å²) in [5, 5.41) is 0. The third-order valence-electron chi connectivity index (χ3n) is 3.33. The number of hydrogen-bond acceptors (Lipinski definition) is 0. The van der Waals surface area contributed by atoms with Crippen LogP contribution < -0.4 is 0 Å². The van der Waals surface area contributed by atoms with Gasteiger partial charge in [-0.3, -0.25) is 0 Å². The Kier molecular flexibility index (Phi) is 9.00. The van der Waals surface area contributed by atoms with Crippen LogP contribution in [0.2, 0.25) is 0 Å². The van der Waals surface area contributed by atoms with Crippen LogP contribution in [0.3, 0.4) is 0 Å².